The molecule has 1 aromatic heterocycles. The summed E-state index contributed by atoms with van der Waals surface area (Å²) in [7, 11) is 1.58. The van der Waals surface area contributed by atoms with Gasteiger partial charge in [-0.3, -0.25) is 4.79 Å². The monoisotopic (exact) mass is 300 g/mol. The average molecular weight is 300 g/mol. The van der Waals surface area contributed by atoms with Crippen molar-refractivity contribution in [1.29, 1.82) is 0 Å². The van der Waals surface area contributed by atoms with Crippen LogP contribution < -0.4 is 10.6 Å². The molecule has 2 aromatic rings. The lowest BCUT2D eigenvalue weighted by atomic mass is 10.1. The first kappa shape index (κ1) is 15.9. The molecule has 0 atom stereocenters. The number of rotatable bonds is 6. The van der Waals surface area contributed by atoms with Crippen LogP contribution in [0.5, 0.6) is 0 Å². The zero-order chi connectivity index (χ0) is 15.9. The van der Waals surface area contributed by atoms with Crippen molar-refractivity contribution in [3.63, 3.8) is 0 Å². The second-order valence-corrected chi connectivity index (χ2v) is 4.98. The molecule has 0 fully saturated rings. The van der Waals surface area contributed by atoms with E-state index in [2.05, 4.69) is 34.7 Å². The maximum absolute atomic E-state index is 11.8. The summed E-state index contributed by atoms with van der Waals surface area (Å²) >= 11 is 0. The maximum atomic E-state index is 11.8. The van der Waals surface area contributed by atoms with Crippen molar-refractivity contribution in [2.75, 3.05) is 25.6 Å². The minimum Gasteiger partial charge on any atom is -0.383 e. The third-order valence-corrected chi connectivity index (χ3v) is 3.27. The highest BCUT2D eigenvalue weighted by atomic mass is 16.5. The number of carbonyl (C=O) groups excluding carboxylic acids is 1. The Balaban J connectivity index is 1.99. The minimum absolute atomic E-state index is 0.262. The number of methoxy groups -OCH3 is 1. The number of hydrogen-bond acceptors (Lipinski definition) is 5. The molecule has 2 rings (SSSR count). The number of nitrogens with one attached hydrogen (secondary N) is 2. The number of amides is 1. The molecule has 0 unspecified atom stereocenters. The summed E-state index contributed by atoms with van der Waals surface area (Å²) in [6.45, 7) is 5.03. The van der Waals surface area contributed by atoms with E-state index in [0.717, 1.165) is 5.69 Å². The van der Waals surface area contributed by atoms with Crippen molar-refractivity contribution in [1.82, 2.24) is 15.5 Å². The summed E-state index contributed by atoms with van der Waals surface area (Å²) in [5.41, 5.74) is 3.66. The number of nitrogens with zero attached hydrogens (tertiary/aromatic N) is 2. The topological polar surface area (TPSA) is 76.1 Å². The molecule has 1 amide bonds. The molecule has 6 heteroatoms. The smallest absolute Gasteiger partial charge is 0.271 e. The zero-order valence-electron chi connectivity index (χ0n) is 13.0. The van der Waals surface area contributed by atoms with E-state index in [9.17, 15) is 4.79 Å². The summed E-state index contributed by atoms with van der Waals surface area (Å²) in [6, 6.07) is 9.44. The van der Waals surface area contributed by atoms with Crippen LogP contribution in [-0.2, 0) is 4.74 Å². The molecule has 1 aromatic carbocycles. The Labute approximate surface area is 129 Å². The van der Waals surface area contributed by atoms with Crippen molar-refractivity contribution in [3.05, 3.63) is 47.2 Å². The normalized spacial score (nSPS) is 10.3. The number of aryl methyl sites for hydroxylation is 2. The van der Waals surface area contributed by atoms with Crippen LogP contribution in [0.1, 0.15) is 21.6 Å². The van der Waals surface area contributed by atoms with Gasteiger partial charge in [0.15, 0.2) is 11.5 Å². The number of anilines is 2. The van der Waals surface area contributed by atoms with Gasteiger partial charge < -0.3 is 15.4 Å². The Bertz CT molecular complexity index is 641. The maximum Gasteiger partial charge on any atom is 0.271 e. The highest BCUT2D eigenvalue weighted by Gasteiger charge is 2.07. The van der Waals surface area contributed by atoms with Gasteiger partial charge in [0, 0.05) is 19.3 Å². The van der Waals surface area contributed by atoms with E-state index in [-0.39, 0.29) is 11.6 Å². The summed E-state index contributed by atoms with van der Waals surface area (Å²) < 4.78 is 4.87. The molecule has 2 N–H and O–H groups in total. The average Bonchev–Trinajstić information content (AvgIpc) is 2.52. The molecule has 0 aliphatic carbocycles. The third kappa shape index (κ3) is 4.26. The first-order valence-electron chi connectivity index (χ1n) is 7.05. The van der Waals surface area contributed by atoms with Crippen LogP contribution in [0, 0.1) is 13.8 Å². The lowest BCUT2D eigenvalue weighted by Crippen LogP contribution is -2.27. The Morgan fingerprint density at radius 1 is 1.14 bits per heavy atom. The van der Waals surface area contributed by atoms with Gasteiger partial charge in [-0.2, -0.15) is 0 Å². The van der Waals surface area contributed by atoms with E-state index in [0.29, 0.717) is 19.0 Å². The van der Waals surface area contributed by atoms with E-state index < -0.39 is 0 Å². The van der Waals surface area contributed by atoms with Gasteiger partial charge in [-0.25, -0.2) is 0 Å². The number of aromatic nitrogens is 2. The van der Waals surface area contributed by atoms with Gasteiger partial charge in [0.25, 0.3) is 5.91 Å². The summed E-state index contributed by atoms with van der Waals surface area (Å²) in [4.78, 5) is 11.8. The van der Waals surface area contributed by atoms with Crippen molar-refractivity contribution in [3.8, 4) is 0 Å². The number of benzene rings is 1. The van der Waals surface area contributed by atoms with Gasteiger partial charge >= 0.3 is 0 Å². The molecule has 116 valence electrons. The Morgan fingerprint density at radius 2 is 1.95 bits per heavy atom. The molecule has 0 radical (unpaired) electrons. The first-order chi connectivity index (χ1) is 10.6. The number of hydrogen-bond donors (Lipinski definition) is 2. The summed E-state index contributed by atoms with van der Waals surface area (Å²) in [6.07, 6.45) is 0. The first-order valence-corrected chi connectivity index (χ1v) is 7.05. The second kappa shape index (κ2) is 7.51. The Morgan fingerprint density at radius 3 is 2.59 bits per heavy atom. The van der Waals surface area contributed by atoms with E-state index >= 15 is 0 Å². The highest BCUT2D eigenvalue weighted by Crippen LogP contribution is 2.17. The van der Waals surface area contributed by atoms with Crippen LogP contribution in [0.15, 0.2) is 30.3 Å². The molecule has 0 saturated carbocycles. The largest absolute Gasteiger partial charge is 0.383 e. The fraction of sp³-hybridized carbons (Fsp3) is 0.312. The van der Waals surface area contributed by atoms with Gasteiger partial charge in [0.2, 0.25) is 0 Å². The van der Waals surface area contributed by atoms with Crippen molar-refractivity contribution in [2.45, 2.75) is 13.8 Å². The molecule has 1 heterocycles. The van der Waals surface area contributed by atoms with Crippen LogP contribution in [0.4, 0.5) is 11.5 Å². The van der Waals surface area contributed by atoms with Gasteiger partial charge in [0.1, 0.15) is 0 Å². The van der Waals surface area contributed by atoms with Gasteiger partial charge in [-0.1, -0.05) is 6.07 Å². The SMILES string of the molecule is COCCNC(=O)c1ccc(Nc2ccc(C)c(C)c2)nn1. The van der Waals surface area contributed by atoms with E-state index in [1.165, 1.54) is 11.1 Å². The summed E-state index contributed by atoms with van der Waals surface area (Å²) in [5, 5.41) is 13.8. The van der Waals surface area contributed by atoms with Crippen LogP contribution >= 0.6 is 0 Å². The van der Waals surface area contributed by atoms with Gasteiger partial charge in [-0.05, 0) is 49.2 Å². The summed E-state index contributed by atoms with van der Waals surface area (Å²) in [5.74, 6) is 0.332. The lowest BCUT2D eigenvalue weighted by Gasteiger charge is -2.08. The Hall–Kier alpha value is -2.47. The van der Waals surface area contributed by atoms with Crippen molar-refractivity contribution < 1.29 is 9.53 Å². The molecule has 22 heavy (non-hydrogen) atoms. The van der Waals surface area contributed by atoms with Crippen LogP contribution in [0.3, 0.4) is 0 Å². The van der Waals surface area contributed by atoms with E-state index in [1.807, 2.05) is 18.2 Å². The van der Waals surface area contributed by atoms with Crippen LogP contribution in [-0.4, -0.2) is 36.4 Å². The number of ether oxygens (including phenoxy) is 1. The molecule has 0 bridgehead atoms. The highest BCUT2D eigenvalue weighted by molar-refractivity contribution is 5.92. The van der Waals surface area contributed by atoms with E-state index in [1.54, 1.807) is 19.2 Å². The zero-order valence-corrected chi connectivity index (χ0v) is 13.0. The molecule has 0 aliphatic heterocycles. The fourth-order valence-electron chi connectivity index (χ4n) is 1.84. The van der Waals surface area contributed by atoms with Gasteiger partial charge in [0.05, 0.1) is 6.61 Å². The van der Waals surface area contributed by atoms with Crippen molar-refractivity contribution >= 4 is 17.4 Å². The molecule has 0 aliphatic rings. The molecular formula is C16H20N4O2. The predicted molar refractivity (Wildman–Crippen MR) is 85.4 cm³/mol. The quantitative estimate of drug-likeness (QED) is 0.800. The van der Waals surface area contributed by atoms with Crippen LogP contribution in [0.2, 0.25) is 0 Å². The van der Waals surface area contributed by atoms with Gasteiger partial charge in [-0.15, -0.1) is 10.2 Å². The standard InChI is InChI=1S/C16H20N4O2/c1-11-4-5-13(10-12(11)2)18-15-7-6-14(19-20-15)16(21)17-8-9-22-3/h4-7,10H,8-9H2,1-3H3,(H,17,21)(H,18,20). The molecule has 0 spiro atoms. The van der Waals surface area contributed by atoms with Crippen LogP contribution in [0.25, 0.3) is 0 Å². The fourth-order valence-corrected chi connectivity index (χ4v) is 1.84. The molecule has 0 saturated heterocycles. The molecular weight excluding hydrogens is 280 g/mol. The Kier molecular flexibility index (Phi) is 5.43. The number of carbonyl (C=O) groups is 1. The lowest BCUT2D eigenvalue weighted by molar-refractivity contribution is 0.0931. The van der Waals surface area contributed by atoms with Crippen molar-refractivity contribution in [2.24, 2.45) is 0 Å². The predicted octanol–water partition coefficient (Wildman–Crippen LogP) is 2.21. The van der Waals surface area contributed by atoms with E-state index in [4.69, 9.17) is 4.74 Å². The molecule has 6 nitrogen and oxygen atoms in total. The minimum atomic E-state index is -0.262. The second-order valence-electron chi connectivity index (χ2n) is 4.98. The third-order valence-electron chi connectivity index (χ3n) is 3.27.